The van der Waals surface area contributed by atoms with E-state index in [1.165, 1.54) is 41.3 Å². The molecule has 0 saturated carbocycles. The zero-order valence-electron chi connectivity index (χ0n) is 13.6. The molecule has 0 aliphatic rings. The number of hydrogen-bond acceptors (Lipinski definition) is 4. The second kappa shape index (κ2) is 7.83. The highest BCUT2D eigenvalue weighted by atomic mass is 19.1. The minimum Gasteiger partial charge on any atom is -0.386 e. The van der Waals surface area contributed by atoms with Gasteiger partial charge in [-0.15, -0.1) is 5.10 Å². The van der Waals surface area contributed by atoms with Gasteiger partial charge in [0.1, 0.15) is 18.0 Å². The predicted molar refractivity (Wildman–Crippen MR) is 89.0 cm³/mol. The zero-order valence-corrected chi connectivity index (χ0v) is 13.6. The SMILES string of the molecule is O=C(NCc1ccccc1F)c1ncn(CC(O)c2ccc(F)cc2)n1. The first-order valence-corrected chi connectivity index (χ1v) is 7.87. The summed E-state index contributed by atoms with van der Waals surface area (Å²) in [6, 6.07) is 11.6. The first kappa shape index (κ1) is 17.7. The maximum Gasteiger partial charge on any atom is 0.291 e. The van der Waals surface area contributed by atoms with Crippen LogP contribution in [0, 0.1) is 11.6 Å². The molecule has 1 atom stereocenters. The van der Waals surface area contributed by atoms with Crippen LogP contribution < -0.4 is 5.32 Å². The van der Waals surface area contributed by atoms with Crippen LogP contribution in [0.25, 0.3) is 0 Å². The Morgan fingerprint density at radius 1 is 1.15 bits per heavy atom. The Kier molecular flexibility index (Phi) is 5.33. The zero-order chi connectivity index (χ0) is 18.5. The van der Waals surface area contributed by atoms with Crippen LogP contribution in [0.4, 0.5) is 8.78 Å². The summed E-state index contributed by atoms with van der Waals surface area (Å²) in [5.74, 6) is -1.44. The van der Waals surface area contributed by atoms with Gasteiger partial charge in [-0.25, -0.2) is 18.4 Å². The Bertz CT molecular complexity index is 896. The smallest absolute Gasteiger partial charge is 0.291 e. The van der Waals surface area contributed by atoms with E-state index >= 15 is 0 Å². The van der Waals surface area contributed by atoms with Crippen molar-refractivity contribution in [3.63, 3.8) is 0 Å². The van der Waals surface area contributed by atoms with E-state index < -0.39 is 23.6 Å². The highest BCUT2D eigenvalue weighted by Crippen LogP contribution is 2.15. The fourth-order valence-electron chi connectivity index (χ4n) is 2.35. The van der Waals surface area contributed by atoms with Gasteiger partial charge in [-0.3, -0.25) is 4.79 Å². The highest BCUT2D eigenvalue weighted by Gasteiger charge is 2.14. The summed E-state index contributed by atoms with van der Waals surface area (Å²) >= 11 is 0. The summed E-state index contributed by atoms with van der Waals surface area (Å²) in [6.45, 7) is 0.0669. The molecule has 134 valence electrons. The number of amides is 1. The Balaban J connectivity index is 1.59. The van der Waals surface area contributed by atoms with E-state index in [0.29, 0.717) is 11.1 Å². The van der Waals surface area contributed by atoms with Crippen molar-refractivity contribution in [1.82, 2.24) is 20.1 Å². The normalized spacial score (nSPS) is 12.0. The van der Waals surface area contributed by atoms with Crippen LogP contribution in [0.1, 0.15) is 27.8 Å². The number of rotatable bonds is 6. The standard InChI is InChI=1S/C18H16F2N4O2/c19-14-7-5-12(6-8-14)16(25)10-24-11-22-17(23-24)18(26)21-9-13-3-1-2-4-15(13)20/h1-8,11,16,25H,9-10H2,(H,21,26). The molecule has 0 saturated heterocycles. The van der Waals surface area contributed by atoms with E-state index in [1.807, 2.05) is 0 Å². The van der Waals surface area contributed by atoms with Gasteiger partial charge in [0.15, 0.2) is 0 Å². The van der Waals surface area contributed by atoms with E-state index in [0.717, 1.165) is 0 Å². The molecule has 1 heterocycles. The van der Waals surface area contributed by atoms with E-state index in [1.54, 1.807) is 18.2 Å². The van der Waals surface area contributed by atoms with Crippen LogP contribution in [-0.4, -0.2) is 25.8 Å². The second-order valence-electron chi connectivity index (χ2n) is 5.63. The van der Waals surface area contributed by atoms with Crippen molar-refractivity contribution >= 4 is 5.91 Å². The summed E-state index contributed by atoms with van der Waals surface area (Å²) in [5, 5.41) is 16.7. The van der Waals surface area contributed by atoms with Gasteiger partial charge < -0.3 is 10.4 Å². The lowest BCUT2D eigenvalue weighted by Crippen LogP contribution is -2.24. The van der Waals surface area contributed by atoms with Gasteiger partial charge in [0, 0.05) is 12.1 Å². The maximum atomic E-state index is 13.5. The highest BCUT2D eigenvalue weighted by molar-refractivity contribution is 5.90. The molecule has 0 aliphatic carbocycles. The molecule has 2 N–H and O–H groups in total. The molecule has 0 bridgehead atoms. The van der Waals surface area contributed by atoms with Gasteiger partial charge in [-0.2, -0.15) is 0 Å². The Morgan fingerprint density at radius 3 is 2.62 bits per heavy atom. The second-order valence-corrected chi connectivity index (χ2v) is 5.63. The molecule has 0 radical (unpaired) electrons. The third-order valence-electron chi connectivity index (χ3n) is 3.75. The molecule has 3 aromatic rings. The van der Waals surface area contributed by atoms with Crippen molar-refractivity contribution in [3.05, 3.63) is 83.4 Å². The topological polar surface area (TPSA) is 80.0 Å². The number of aromatic nitrogens is 3. The number of carbonyl (C=O) groups excluding carboxylic acids is 1. The number of halogens is 2. The van der Waals surface area contributed by atoms with Crippen molar-refractivity contribution in [2.24, 2.45) is 0 Å². The van der Waals surface area contributed by atoms with E-state index in [9.17, 15) is 18.7 Å². The monoisotopic (exact) mass is 358 g/mol. The summed E-state index contributed by atoms with van der Waals surface area (Å²) in [5.41, 5.74) is 0.875. The Morgan fingerprint density at radius 2 is 1.88 bits per heavy atom. The largest absolute Gasteiger partial charge is 0.386 e. The average Bonchev–Trinajstić information content (AvgIpc) is 3.10. The van der Waals surface area contributed by atoms with Crippen LogP contribution >= 0.6 is 0 Å². The minimum absolute atomic E-state index is 0.0122. The van der Waals surface area contributed by atoms with Crippen LogP contribution in [0.2, 0.25) is 0 Å². The minimum atomic E-state index is -0.924. The molecule has 6 nitrogen and oxygen atoms in total. The molecular formula is C18H16F2N4O2. The number of benzene rings is 2. The van der Waals surface area contributed by atoms with Crippen LogP contribution in [-0.2, 0) is 13.1 Å². The van der Waals surface area contributed by atoms with Gasteiger partial charge in [0.2, 0.25) is 5.82 Å². The molecule has 0 fully saturated rings. The lowest BCUT2D eigenvalue weighted by molar-refractivity contribution is 0.0938. The summed E-state index contributed by atoms with van der Waals surface area (Å²) in [7, 11) is 0. The lowest BCUT2D eigenvalue weighted by Gasteiger charge is -2.10. The number of nitrogens with zero attached hydrogens (tertiary/aromatic N) is 3. The first-order valence-electron chi connectivity index (χ1n) is 7.87. The van der Waals surface area contributed by atoms with Crippen molar-refractivity contribution in [1.29, 1.82) is 0 Å². The average molecular weight is 358 g/mol. The Hall–Kier alpha value is -3.13. The van der Waals surface area contributed by atoms with Gasteiger partial charge in [-0.1, -0.05) is 30.3 Å². The molecule has 1 unspecified atom stereocenters. The van der Waals surface area contributed by atoms with Crippen LogP contribution in [0.3, 0.4) is 0 Å². The lowest BCUT2D eigenvalue weighted by atomic mass is 10.1. The summed E-state index contributed by atoms with van der Waals surface area (Å²) in [4.78, 5) is 15.9. The summed E-state index contributed by atoms with van der Waals surface area (Å²) < 4.78 is 27.8. The van der Waals surface area contributed by atoms with Crippen molar-refractivity contribution in [2.75, 3.05) is 0 Å². The van der Waals surface area contributed by atoms with Crippen molar-refractivity contribution in [2.45, 2.75) is 19.2 Å². The summed E-state index contributed by atoms with van der Waals surface area (Å²) in [6.07, 6.45) is 0.386. The number of carbonyl (C=O) groups is 1. The number of nitrogens with one attached hydrogen (secondary N) is 1. The van der Waals surface area contributed by atoms with Crippen molar-refractivity contribution < 1.29 is 18.7 Å². The predicted octanol–water partition coefficient (Wildman–Crippen LogP) is 2.22. The van der Waals surface area contributed by atoms with Gasteiger partial charge in [0.05, 0.1) is 12.6 Å². The molecule has 26 heavy (non-hydrogen) atoms. The molecule has 1 aromatic heterocycles. The van der Waals surface area contributed by atoms with Crippen LogP contribution in [0.5, 0.6) is 0 Å². The van der Waals surface area contributed by atoms with Gasteiger partial charge in [0.25, 0.3) is 5.91 Å². The number of aliphatic hydroxyl groups is 1. The quantitative estimate of drug-likeness (QED) is 0.708. The number of hydrogen-bond donors (Lipinski definition) is 2. The Labute approximate surface area is 148 Å². The molecule has 3 rings (SSSR count). The van der Waals surface area contributed by atoms with Crippen molar-refractivity contribution in [3.8, 4) is 0 Å². The first-order chi connectivity index (χ1) is 12.5. The number of aliphatic hydroxyl groups excluding tert-OH is 1. The molecule has 0 spiro atoms. The van der Waals surface area contributed by atoms with Gasteiger partial charge >= 0.3 is 0 Å². The van der Waals surface area contributed by atoms with E-state index in [2.05, 4.69) is 15.4 Å². The third kappa shape index (κ3) is 4.28. The molecule has 1 amide bonds. The molecular weight excluding hydrogens is 342 g/mol. The maximum absolute atomic E-state index is 13.5. The molecule has 0 aliphatic heterocycles. The van der Waals surface area contributed by atoms with Crippen LogP contribution in [0.15, 0.2) is 54.9 Å². The van der Waals surface area contributed by atoms with E-state index in [-0.39, 0.29) is 18.9 Å². The van der Waals surface area contributed by atoms with E-state index in [4.69, 9.17) is 0 Å². The molecule has 2 aromatic carbocycles. The third-order valence-corrected chi connectivity index (χ3v) is 3.75. The fraction of sp³-hybridized carbons (Fsp3) is 0.167. The van der Waals surface area contributed by atoms with Gasteiger partial charge in [-0.05, 0) is 23.8 Å². The fourth-order valence-corrected chi connectivity index (χ4v) is 2.35. The molecule has 8 heteroatoms.